The van der Waals surface area contributed by atoms with E-state index in [1.807, 2.05) is 30.3 Å². The molecule has 144 valence electrons. The van der Waals surface area contributed by atoms with E-state index in [0.29, 0.717) is 35.5 Å². The van der Waals surface area contributed by atoms with Gasteiger partial charge in [-0.1, -0.05) is 54.1 Å². The molecule has 1 aromatic heterocycles. The molecule has 0 atom stereocenters. The first-order chi connectivity index (χ1) is 13.7. The van der Waals surface area contributed by atoms with Crippen molar-refractivity contribution in [3.63, 3.8) is 0 Å². The largest absolute Gasteiger partial charge is 0.385 e. The molecule has 0 aliphatic carbocycles. The zero-order valence-corrected chi connectivity index (χ0v) is 16.2. The van der Waals surface area contributed by atoms with Crippen LogP contribution >= 0.6 is 11.6 Å². The predicted octanol–water partition coefficient (Wildman–Crippen LogP) is 4.50. The Labute approximate surface area is 168 Å². The third kappa shape index (κ3) is 5.28. The van der Waals surface area contributed by atoms with Crippen LogP contribution in [0.4, 0.5) is 11.5 Å². The molecule has 0 aliphatic rings. The number of aromatic nitrogens is 2. The maximum absolute atomic E-state index is 12.8. The Morgan fingerprint density at radius 2 is 1.82 bits per heavy atom. The fourth-order valence-electron chi connectivity index (χ4n) is 2.55. The lowest BCUT2D eigenvalue weighted by Crippen LogP contribution is -2.16. The zero-order chi connectivity index (χ0) is 19.8. The van der Waals surface area contributed by atoms with E-state index in [1.165, 1.54) is 0 Å². The summed E-state index contributed by atoms with van der Waals surface area (Å²) in [7, 11) is 1.66. The molecule has 0 bridgehead atoms. The van der Waals surface area contributed by atoms with Crippen LogP contribution in [0, 0.1) is 0 Å². The number of nitrogens with one attached hydrogen (secondary N) is 2. The number of hydrogen-bond acceptors (Lipinski definition) is 5. The van der Waals surface area contributed by atoms with E-state index < -0.39 is 0 Å². The van der Waals surface area contributed by atoms with E-state index in [1.54, 1.807) is 37.4 Å². The average Bonchev–Trinajstić information content (AvgIpc) is 2.73. The minimum atomic E-state index is -0.354. The molecule has 0 unspecified atom stereocenters. The molecule has 0 fully saturated rings. The fourth-order valence-corrected chi connectivity index (χ4v) is 2.74. The van der Waals surface area contributed by atoms with Gasteiger partial charge in [-0.2, -0.15) is 0 Å². The molecule has 2 aromatic carbocycles. The fraction of sp³-hybridized carbons (Fsp3) is 0.190. The van der Waals surface area contributed by atoms with E-state index in [0.717, 1.165) is 12.0 Å². The molecule has 1 heterocycles. The minimum Gasteiger partial charge on any atom is -0.385 e. The van der Waals surface area contributed by atoms with Crippen LogP contribution in [-0.2, 0) is 4.74 Å². The molecule has 3 aromatic rings. The predicted molar refractivity (Wildman–Crippen MR) is 112 cm³/mol. The summed E-state index contributed by atoms with van der Waals surface area (Å²) in [6, 6.07) is 18.2. The van der Waals surface area contributed by atoms with Crippen LogP contribution in [0.3, 0.4) is 0 Å². The highest BCUT2D eigenvalue weighted by Crippen LogP contribution is 2.22. The summed E-state index contributed by atoms with van der Waals surface area (Å²) >= 11 is 6.14. The normalized spacial score (nSPS) is 10.5. The summed E-state index contributed by atoms with van der Waals surface area (Å²) in [5.41, 5.74) is 1.61. The van der Waals surface area contributed by atoms with E-state index in [9.17, 15) is 4.79 Å². The number of hydrogen-bond donors (Lipinski definition) is 2. The highest BCUT2D eigenvalue weighted by molar-refractivity contribution is 6.33. The second-order valence-electron chi connectivity index (χ2n) is 6.04. The van der Waals surface area contributed by atoms with Crippen molar-refractivity contribution in [1.82, 2.24) is 9.97 Å². The Morgan fingerprint density at radius 3 is 2.57 bits per heavy atom. The van der Waals surface area contributed by atoms with Crippen LogP contribution < -0.4 is 10.6 Å². The van der Waals surface area contributed by atoms with Crippen molar-refractivity contribution < 1.29 is 9.53 Å². The second-order valence-corrected chi connectivity index (χ2v) is 6.44. The monoisotopic (exact) mass is 396 g/mol. The summed E-state index contributed by atoms with van der Waals surface area (Å²) in [4.78, 5) is 21.8. The van der Waals surface area contributed by atoms with Gasteiger partial charge < -0.3 is 15.4 Å². The van der Waals surface area contributed by atoms with Crippen molar-refractivity contribution in [3.05, 3.63) is 71.4 Å². The van der Waals surface area contributed by atoms with Gasteiger partial charge in [-0.15, -0.1) is 0 Å². The summed E-state index contributed by atoms with van der Waals surface area (Å²) in [6.07, 6.45) is 0.822. The Morgan fingerprint density at radius 1 is 1.07 bits per heavy atom. The molecule has 1 amide bonds. The summed E-state index contributed by atoms with van der Waals surface area (Å²) in [5.74, 6) is 0.698. The first kappa shape index (κ1) is 19.8. The molecule has 3 rings (SSSR count). The van der Waals surface area contributed by atoms with Crippen molar-refractivity contribution in [3.8, 4) is 11.4 Å². The maximum Gasteiger partial charge on any atom is 0.274 e. The van der Waals surface area contributed by atoms with Crippen LogP contribution in [0.5, 0.6) is 0 Å². The number of carbonyl (C=O) groups excluding carboxylic acids is 1. The van der Waals surface area contributed by atoms with Gasteiger partial charge in [0.15, 0.2) is 5.82 Å². The van der Waals surface area contributed by atoms with Crippen LogP contribution in [0.15, 0.2) is 60.7 Å². The topological polar surface area (TPSA) is 76.1 Å². The third-order valence-electron chi connectivity index (χ3n) is 3.94. The highest BCUT2D eigenvalue weighted by atomic mass is 35.5. The standard InChI is InChI=1S/C21H21ClN4O2/c1-28-13-7-12-23-19-14-18(21(27)25-17-11-6-5-10-16(17)22)24-20(26-19)15-8-3-2-4-9-15/h2-6,8-11,14H,7,12-13H2,1H3,(H,25,27)(H,23,24,26). The number of ether oxygens (including phenoxy) is 1. The van der Waals surface area contributed by atoms with Crippen molar-refractivity contribution in [2.75, 3.05) is 30.9 Å². The molecule has 0 radical (unpaired) electrons. The van der Waals surface area contributed by atoms with Gasteiger partial charge in [-0.05, 0) is 18.6 Å². The summed E-state index contributed by atoms with van der Waals surface area (Å²) < 4.78 is 5.06. The maximum atomic E-state index is 12.8. The molecule has 2 N–H and O–H groups in total. The van der Waals surface area contributed by atoms with Crippen molar-refractivity contribution >= 4 is 29.0 Å². The van der Waals surface area contributed by atoms with E-state index >= 15 is 0 Å². The van der Waals surface area contributed by atoms with Gasteiger partial charge in [0.05, 0.1) is 10.7 Å². The molecule has 0 aliphatic heterocycles. The lowest BCUT2D eigenvalue weighted by atomic mass is 10.2. The van der Waals surface area contributed by atoms with Crippen LogP contribution in [0.1, 0.15) is 16.9 Å². The molecule has 0 saturated heterocycles. The highest BCUT2D eigenvalue weighted by Gasteiger charge is 2.14. The quantitative estimate of drug-likeness (QED) is 0.548. The average molecular weight is 397 g/mol. The lowest BCUT2D eigenvalue weighted by Gasteiger charge is -2.11. The molecule has 6 nitrogen and oxygen atoms in total. The molecular formula is C21H21ClN4O2. The van der Waals surface area contributed by atoms with Crippen molar-refractivity contribution in [2.24, 2.45) is 0 Å². The first-order valence-electron chi connectivity index (χ1n) is 8.90. The van der Waals surface area contributed by atoms with Gasteiger partial charge >= 0.3 is 0 Å². The van der Waals surface area contributed by atoms with Crippen LogP contribution in [0.2, 0.25) is 5.02 Å². The number of rotatable bonds is 8. The Kier molecular flexibility index (Phi) is 6.94. The molecule has 0 spiro atoms. The van der Waals surface area contributed by atoms with Gasteiger partial charge in [-0.3, -0.25) is 4.79 Å². The van der Waals surface area contributed by atoms with E-state index in [2.05, 4.69) is 20.6 Å². The lowest BCUT2D eigenvalue weighted by molar-refractivity contribution is 0.102. The zero-order valence-electron chi connectivity index (χ0n) is 15.5. The van der Waals surface area contributed by atoms with Gasteiger partial charge in [0.25, 0.3) is 5.91 Å². The number of carbonyl (C=O) groups is 1. The summed E-state index contributed by atoms with van der Waals surface area (Å²) in [6.45, 7) is 1.31. The Balaban J connectivity index is 1.88. The van der Waals surface area contributed by atoms with Crippen molar-refractivity contribution in [2.45, 2.75) is 6.42 Å². The molecule has 0 saturated carbocycles. The number of para-hydroxylation sites is 1. The van der Waals surface area contributed by atoms with Crippen LogP contribution in [0.25, 0.3) is 11.4 Å². The molecule has 28 heavy (non-hydrogen) atoms. The second kappa shape index (κ2) is 9.82. The summed E-state index contributed by atoms with van der Waals surface area (Å²) in [5, 5.41) is 6.49. The first-order valence-corrected chi connectivity index (χ1v) is 9.28. The van der Waals surface area contributed by atoms with Crippen LogP contribution in [-0.4, -0.2) is 36.1 Å². The molecule has 7 heteroatoms. The van der Waals surface area contributed by atoms with Gasteiger partial charge in [0.1, 0.15) is 11.5 Å². The van der Waals surface area contributed by atoms with Crippen molar-refractivity contribution in [1.29, 1.82) is 0 Å². The molecular weight excluding hydrogens is 376 g/mol. The SMILES string of the molecule is COCCCNc1cc(C(=O)Nc2ccccc2Cl)nc(-c2ccccc2)n1. The number of benzene rings is 2. The van der Waals surface area contributed by atoms with Gasteiger partial charge in [0, 0.05) is 31.9 Å². The minimum absolute atomic E-state index is 0.253. The van der Waals surface area contributed by atoms with Gasteiger partial charge in [-0.25, -0.2) is 9.97 Å². The smallest absolute Gasteiger partial charge is 0.274 e. The number of halogens is 1. The number of nitrogens with zero attached hydrogens (tertiary/aromatic N) is 2. The number of methoxy groups -OCH3 is 1. The number of anilines is 2. The third-order valence-corrected chi connectivity index (χ3v) is 4.27. The Hall–Kier alpha value is -2.96. The van der Waals surface area contributed by atoms with E-state index in [4.69, 9.17) is 16.3 Å². The number of amides is 1. The van der Waals surface area contributed by atoms with E-state index in [-0.39, 0.29) is 11.6 Å². The van der Waals surface area contributed by atoms with Gasteiger partial charge in [0.2, 0.25) is 0 Å². The Bertz CT molecular complexity index is 935.